The predicted molar refractivity (Wildman–Crippen MR) is 120 cm³/mol. The highest BCUT2D eigenvalue weighted by molar-refractivity contribution is 5.81. The SMILES string of the molecule is [2H]C(O[C@H](C)[C@H](NC(=O)OCc1cccc2c1Cc1ccccc1-2)C(=O)O)c1ccccc1. The van der Waals surface area contributed by atoms with E-state index >= 15 is 0 Å². The summed E-state index contributed by atoms with van der Waals surface area (Å²) >= 11 is 0. The second kappa shape index (κ2) is 9.66. The summed E-state index contributed by atoms with van der Waals surface area (Å²) in [4.78, 5) is 24.1. The van der Waals surface area contributed by atoms with Crippen LogP contribution in [0.3, 0.4) is 0 Å². The lowest BCUT2D eigenvalue weighted by Gasteiger charge is -2.22. The molecule has 3 aromatic carbocycles. The molecule has 0 radical (unpaired) electrons. The maximum Gasteiger partial charge on any atom is 0.408 e. The maximum atomic E-state index is 12.4. The molecule has 1 aliphatic carbocycles. The van der Waals surface area contributed by atoms with Crippen LogP contribution in [0.1, 0.15) is 30.5 Å². The molecule has 0 saturated carbocycles. The molecule has 6 heteroatoms. The molecule has 0 fully saturated rings. The first-order chi connectivity index (χ1) is 15.9. The van der Waals surface area contributed by atoms with E-state index in [0.717, 1.165) is 23.1 Å². The van der Waals surface area contributed by atoms with E-state index < -0.39 is 30.8 Å². The molecule has 0 bridgehead atoms. The van der Waals surface area contributed by atoms with Crippen molar-refractivity contribution < 1.29 is 25.5 Å². The molecule has 164 valence electrons. The summed E-state index contributed by atoms with van der Waals surface area (Å²) in [6, 6.07) is 21.5. The minimum atomic E-state index is -1.36. The zero-order chi connectivity index (χ0) is 23.4. The third kappa shape index (κ3) is 4.81. The second-order valence-electron chi connectivity index (χ2n) is 7.68. The summed E-state index contributed by atoms with van der Waals surface area (Å²) in [5, 5.41) is 11.9. The predicted octanol–water partition coefficient (Wildman–Crippen LogP) is 4.54. The Morgan fingerprint density at radius 2 is 1.75 bits per heavy atom. The summed E-state index contributed by atoms with van der Waals surface area (Å²) < 4.78 is 19.0. The molecule has 1 aliphatic rings. The number of hydrogen-bond acceptors (Lipinski definition) is 4. The molecule has 6 nitrogen and oxygen atoms in total. The summed E-state index contributed by atoms with van der Waals surface area (Å²) in [5.74, 6) is -1.27. The molecule has 32 heavy (non-hydrogen) atoms. The van der Waals surface area contributed by atoms with Gasteiger partial charge in [0.2, 0.25) is 0 Å². The number of carboxylic acid groups (broad SMARTS) is 1. The molecule has 3 aromatic rings. The van der Waals surface area contributed by atoms with Crippen LogP contribution in [-0.2, 0) is 33.9 Å². The first-order valence-electron chi connectivity index (χ1n) is 11.0. The van der Waals surface area contributed by atoms with E-state index in [4.69, 9.17) is 10.8 Å². The van der Waals surface area contributed by atoms with Gasteiger partial charge in [-0.3, -0.25) is 0 Å². The minimum absolute atomic E-state index is 0.0235. The molecule has 0 aliphatic heterocycles. The second-order valence-corrected chi connectivity index (χ2v) is 7.68. The lowest BCUT2D eigenvalue weighted by Crippen LogP contribution is -2.48. The number of fused-ring (bicyclic) bond motifs is 3. The first kappa shape index (κ1) is 20.3. The normalized spacial score (nSPS) is 15.0. The van der Waals surface area contributed by atoms with Crippen molar-refractivity contribution in [1.82, 2.24) is 5.32 Å². The van der Waals surface area contributed by atoms with E-state index in [1.54, 1.807) is 24.3 Å². The average Bonchev–Trinajstić information content (AvgIpc) is 3.21. The van der Waals surface area contributed by atoms with E-state index in [1.807, 2.05) is 36.4 Å². The summed E-state index contributed by atoms with van der Waals surface area (Å²) in [7, 11) is 0. The number of ether oxygens (including phenoxy) is 2. The van der Waals surface area contributed by atoms with Crippen LogP contribution >= 0.6 is 0 Å². The highest BCUT2D eigenvalue weighted by Gasteiger charge is 2.28. The highest BCUT2D eigenvalue weighted by Crippen LogP contribution is 2.38. The van der Waals surface area contributed by atoms with Gasteiger partial charge in [-0.15, -0.1) is 0 Å². The van der Waals surface area contributed by atoms with Gasteiger partial charge in [-0.05, 0) is 46.7 Å². The van der Waals surface area contributed by atoms with Gasteiger partial charge in [-0.2, -0.15) is 0 Å². The van der Waals surface area contributed by atoms with E-state index in [2.05, 4.69) is 17.4 Å². The average molecular weight is 432 g/mol. The fraction of sp³-hybridized carbons (Fsp3) is 0.231. The number of hydrogen-bond donors (Lipinski definition) is 2. The van der Waals surface area contributed by atoms with E-state index in [0.29, 0.717) is 5.56 Å². The van der Waals surface area contributed by atoms with E-state index in [9.17, 15) is 14.7 Å². The third-order valence-corrected chi connectivity index (χ3v) is 5.53. The molecule has 0 spiro atoms. The van der Waals surface area contributed by atoms with E-state index in [1.165, 1.54) is 18.1 Å². The Bertz CT molecular complexity index is 1150. The number of nitrogens with one attached hydrogen (secondary N) is 1. The Hall–Kier alpha value is -3.64. The Morgan fingerprint density at radius 1 is 1.03 bits per heavy atom. The number of carbonyl (C=O) groups excluding carboxylic acids is 1. The van der Waals surface area contributed by atoms with Gasteiger partial charge >= 0.3 is 12.1 Å². The van der Waals surface area contributed by atoms with Crippen LogP contribution in [0.15, 0.2) is 72.8 Å². The fourth-order valence-electron chi connectivity index (χ4n) is 3.85. The molecule has 4 rings (SSSR count). The maximum absolute atomic E-state index is 12.4. The van der Waals surface area contributed by atoms with Crippen LogP contribution in [0.5, 0.6) is 0 Å². The lowest BCUT2D eigenvalue weighted by atomic mass is 10.0. The smallest absolute Gasteiger partial charge is 0.408 e. The van der Waals surface area contributed by atoms with Crippen LogP contribution < -0.4 is 5.32 Å². The molecule has 2 N–H and O–H groups in total. The zero-order valence-corrected chi connectivity index (χ0v) is 17.7. The lowest BCUT2D eigenvalue weighted by molar-refractivity contribution is -0.143. The fourth-order valence-corrected chi connectivity index (χ4v) is 3.85. The van der Waals surface area contributed by atoms with Gasteiger partial charge in [-0.1, -0.05) is 72.8 Å². The molecular formula is C26H25NO5. The van der Waals surface area contributed by atoms with Crippen molar-refractivity contribution in [3.8, 4) is 11.1 Å². The molecule has 0 heterocycles. The summed E-state index contributed by atoms with van der Waals surface area (Å²) in [6.45, 7) is 0.454. The van der Waals surface area contributed by atoms with Crippen molar-refractivity contribution in [2.24, 2.45) is 0 Å². The Kier molecular flexibility index (Phi) is 6.12. The molecule has 0 saturated heterocycles. The van der Waals surface area contributed by atoms with Crippen molar-refractivity contribution in [3.63, 3.8) is 0 Å². The monoisotopic (exact) mass is 432 g/mol. The Balaban J connectivity index is 1.37. The largest absolute Gasteiger partial charge is 0.480 e. The highest BCUT2D eigenvalue weighted by atomic mass is 16.5. The van der Waals surface area contributed by atoms with Crippen LogP contribution in [0.4, 0.5) is 4.79 Å². The molecule has 3 atom stereocenters. The number of aliphatic carboxylic acids is 1. The van der Waals surface area contributed by atoms with Gasteiger partial charge in [0.1, 0.15) is 6.61 Å². The van der Waals surface area contributed by atoms with Crippen LogP contribution in [0.2, 0.25) is 0 Å². The van der Waals surface area contributed by atoms with Gasteiger partial charge in [0, 0.05) is 0 Å². The number of carbonyl (C=O) groups is 2. The summed E-state index contributed by atoms with van der Waals surface area (Å²) in [6.07, 6.45) is -1.04. The molecule has 0 aromatic heterocycles. The van der Waals surface area contributed by atoms with Crippen molar-refractivity contribution in [2.45, 2.75) is 38.7 Å². The van der Waals surface area contributed by atoms with Crippen LogP contribution in [0, 0.1) is 0 Å². The van der Waals surface area contributed by atoms with Gasteiger partial charge in [0.25, 0.3) is 0 Å². The quantitative estimate of drug-likeness (QED) is 0.427. The summed E-state index contributed by atoms with van der Waals surface area (Å²) in [5.41, 5.74) is 6.11. The molecule has 1 amide bonds. The van der Waals surface area contributed by atoms with Crippen molar-refractivity contribution in [2.75, 3.05) is 0 Å². The molecule has 1 unspecified atom stereocenters. The van der Waals surface area contributed by atoms with Crippen LogP contribution in [-0.4, -0.2) is 29.3 Å². The van der Waals surface area contributed by atoms with Gasteiger partial charge in [0.05, 0.1) is 14.1 Å². The molecular weight excluding hydrogens is 406 g/mol. The Morgan fingerprint density at radius 3 is 2.53 bits per heavy atom. The van der Waals surface area contributed by atoms with Crippen molar-refractivity contribution in [1.29, 1.82) is 0 Å². The van der Waals surface area contributed by atoms with E-state index in [-0.39, 0.29) is 6.61 Å². The number of rotatable bonds is 8. The van der Waals surface area contributed by atoms with Crippen molar-refractivity contribution >= 4 is 12.1 Å². The zero-order valence-electron chi connectivity index (χ0n) is 18.7. The van der Waals surface area contributed by atoms with Gasteiger partial charge in [-0.25, -0.2) is 9.59 Å². The third-order valence-electron chi connectivity index (χ3n) is 5.53. The van der Waals surface area contributed by atoms with Crippen molar-refractivity contribution in [3.05, 3.63) is 95.1 Å². The minimum Gasteiger partial charge on any atom is -0.480 e. The number of alkyl carbamates (subject to hydrolysis) is 1. The number of benzene rings is 3. The van der Waals surface area contributed by atoms with Crippen LogP contribution in [0.25, 0.3) is 11.1 Å². The Labute approximate surface area is 188 Å². The standard InChI is InChI=1S/C26H25NO5/c1-17(31-15-18-8-3-2-4-9-18)24(25(28)29)27-26(30)32-16-20-11-7-13-22-21-12-6-5-10-19(21)14-23(20)22/h2-13,17,24H,14-16H2,1H3,(H,27,30)(H,28,29)/t17-,24+/m1/s1/i15D/t15?,17-,24+. The van der Waals surface area contributed by atoms with Gasteiger partial charge < -0.3 is 19.9 Å². The number of carboxylic acids is 1. The first-order valence-corrected chi connectivity index (χ1v) is 10.4. The topological polar surface area (TPSA) is 84.9 Å². The number of amides is 1. The van der Waals surface area contributed by atoms with Gasteiger partial charge in [0.15, 0.2) is 6.04 Å².